The van der Waals surface area contributed by atoms with E-state index in [4.69, 9.17) is 34.8 Å². The van der Waals surface area contributed by atoms with E-state index in [-0.39, 0.29) is 12.3 Å². The first-order valence-electron chi connectivity index (χ1n) is 5.54. The molecule has 0 atom stereocenters. The highest BCUT2D eigenvalue weighted by Crippen LogP contribution is 2.24. The first-order valence-corrected chi connectivity index (χ1v) is 6.68. The van der Waals surface area contributed by atoms with Crippen LogP contribution in [0.25, 0.3) is 0 Å². The van der Waals surface area contributed by atoms with Gasteiger partial charge in [-0.1, -0.05) is 53.0 Å². The first kappa shape index (κ1) is 14.2. The van der Waals surface area contributed by atoms with Gasteiger partial charge in [-0.3, -0.25) is 4.79 Å². The van der Waals surface area contributed by atoms with Gasteiger partial charge >= 0.3 is 0 Å². The number of anilines is 1. The van der Waals surface area contributed by atoms with Crippen molar-refractivity contribution in [3.05, 3.63) is 63.1 Å². The van der Waals surface area contributed by atoms with Gasteiger partial charge in [0.1, 0.15) is 0 Å². The fourth-order valence-corrected chi connectivity index (χ4v) is 2.10. The van der Waals surface area contributed by atoms with Crippen molar-refractivity contribution in [3.63, 3.8) is 0 Å². The Kier molecular flexibility index (Phi) is 4.70. The monoisotopic (exact) mass is 313 g/mol. The molecular weight excluding hydrogens is 305 g/mol. The number of amides is 1. The minimum absolute atomic E-state index is 0.161. The first-order chi connectivity index (χ1) is 9.06. The average molecular weight is 315 g/mol. The molecule has 0 spiro atoms. The molecule has 0 unspecified atom stereocenters. The summed E-state index contributed by atoms with van der Waals surface area (Å²) in [4.78, 5) is 11.9. The van der Waals surface area contributed by atoms with E-state index in [1.807, 2.05) is 0 Å². The van der Waals surface area contributed by atoms with Crippen LogP contribution in [0.3, 0.4) is 0 Å². The molecule has 2 nitrogen and oxygen atoms in total. The molecule has 0 aliphatic heterocycles. The number of hydrogen-bond acceptors (Lipinski definition) is 1. The van der Waals surface area contributed by atoms with Crippen LogP contribution in [-0.2, 0) is 11.2 Å². The maximum Gasteiger partial charge on any atom is 0.228 e. The van der Waals surface area contributed by atoms with Crippen molar-refractivity contribution in [1.29, 1.82) is 0 Å². The number of carbonyl (C=O) groups is 1. The molecule has 0 heterocycles. The largest absolute Gasteiger partial charge is 0.324 e. The summed E-state index contributed by atoms with van der Waals surface area (Å²) in [5.74, 6) is -0.161. The third-order valence-corrected chi connectivity index (χ3v) is 3.57. The SMILES string of the molecule is O=C(Cc1ccc(Cl)c(Cl)c1)Nc1ccccc1Cl. The van der Waals surface area contributed by atoms with Gasteiger partial charge in [0.15, 0.2) is 0 Å². The van der Waals surface area contributed by atoms with Gasteiger partial charge in [-0.15, -0.1) is 0 Å². The van der Waals surface area contributed by atoms with Crippen LogP contribution in [-0.4, -0.2) is 5.91 Å². The van der Waals surface area contributed by atoms with E-state index in [1.165, 1.54) is 0 Å². The Hall–Kier alpha value is -1.22. The number of rotatable bonds is 3. The van der Waals surface area contributed by atoms with Crippen molar-refractivity contribution < 1.29 is 4.79 Å². The third kappa shape index (κ3) is 3.87. The van der Waals surface area contributed by atoms with Crippen LogP contribution in [0.2, 0.25) is 15.1 Å². The molecule has 1 N–H and O–H groups in total. The molecule has 0 radical (unpaired) electrons. The fraction of sp³-hybridized carbons (Fsp3) is 0.0714. The average Bonchev–Trinajstić information content (AvgIpc) is 2.37. The number of halogens is 3. The zero-order chi connectivity index (χ0) is 13.8. The van der Waals surface area contributed by atoms with E-state index in [1.54, 1.807) is 42.5 Å². The van der Waals surface area contributed by atoms with Crippen molar-refractivity contribution in [1.82, 2.24) is 0 Å². The summed E-state index contributed by atoms with van der Waals surface area (Å²) in [6, 6.07) is 12.2. The van der Waals surface area contributed by atoms with Gasteiger partial charge in [-0.25, -0.2) is 0 Å². The quantitative estimate of drug-likeness (QED) is 0.864. The van der Waals surface area contributed by atoms with Crippen LogP contribution in [0, 0.1) is 0 Å². The van der Waals surface area contributed by atoms with Crippen molar-refractivity contribution in [2.45, 2.75) is 6.42 Å². The van der Waals surface area contributed by atoms with Crippen LogP contribution in [0.1, 0.15) is 5.56 Å². The molecule has 0 aliphatic carbocycles. The van der Waals surface area contributed by atoms with Gasteiger partial charge in [0.2, 0.25) is 5.91 Å². The maximum atomic E-state index is 11.9. The molecule has 98 valence electrons. The minimum Gasteiger partial charge on any atom is -0.324 e. The van der Waals surface area contributed by atoms with Crippen LogP contribution < -0.4 is 5.32 Å². The molecule has 0 bridgehead atoms. The number of para-hydroxylation sites is 1. The van der Waals surface area contributed by atoms with Crippen molar-refractivity contribution in [3.8, 4) is 0 Å². The highest BCUT2D eigenvalue weighted by atomic mass is 35.5. The van der Waals surface area contributed by atoms with E-state index in [0.29, 0.717) is 20.8 Å². The topological polar surface area (TPSA) is 29.1 Å². The van der Waals surface area contributed by atoms with E-state index >= 15 is 0 Å². The van der Waals surface area contributed by atoms with Crippen molar-refractivity contribution in [2.24, 2.45) is 0 Å². The van der Waals surface area contributed by atoms with Gasteiger partial charge < -0.3 is 5.32 Å². The molecule has 1 amide bonds. The molecule has 0 saturated carbocycles. The Morgan fingerprint density at radius 1 is 0.947 bits per heavy atom. The van der Waals surface area contributed by atoms with E-state index in [2.05, 4.69) is 5.32 Å². The second kappa shape index (κ2) is 6.29. The van der Waals surface area contributed by atoms with Gasteiger partial charge in [-0.2, -0.15) is 0 Å². The number of benzene rings is 2. The molecule has 19 heavy (non-hydrogen) atoms. The summed E-state index contributed by atoms with van der Waals surface area (Å²) < 4.78 is 0. The number of carbonyl (C=O) groups excluding carboxylic acids is 1. The zero-order valence-electron chi connectivity index (χ0n) is 9.79. The van der Waals surface area contributed by atoms with Gasteiger partial charge in [0.25, 0.3) is 0 Å². The summed E-state index contributed by atoms with van der Waals surface area (Å²) >= 11 is 17.7. The lowest BCUT2D eigenvalue weighted by Crippen LogP contribution is -2.14. The molecule has 0 aliphatic rings. The van der Waals surface area contributed by atoms with E-state index in [9.17, 15) is 4.79 Å². The Balaban J connectivity index is 2.05. The third-order valence-electron chi connectivity index (χ3n) is 2.50. The van der Waals surface area contributed by atoms with E-state index < -0.39 is 0 Å². The summed E-state index contributed by atoms with van der Waals surface area (Å²) in [5.41, 5.74) is 1.38. The molecule has 0 aromatic heterocycles. The Morgan fingerprint density at radius 3 is 2.37 bits per heavy atom. The number of hydrogen-bond donors (Lipinski definition) is 1. The predicted molar refractivity (Wildman–Crippen MR) is 80.2 cm³/mol. The maximum absolute atomic E-state index is 11.9. The van der Waals surface area contributed by atoms with Gasteiger partial charge in [0.05, 0.1) is 27.2 Å². The molecule has 2 aromatic carbocycles. The molecule has 0 fully saturated rings. The van der Waals surface area contributed by atoms with E-state index in [0.717, 1.165) is 5.56 Å². The van der Waals surface area contributed by atoms with Crippen molar-refractivity contribution >= 4 is 46.4 Å². The lowest BCUT2D eigenvalue weighted by Gasteiger charge is -2.07. The normalized spacial score (nSPS) is 10.3. The van der Waals surface area contributed by atoms with Crippen molar-refractivity contribution in [2.75, 3.05) is 5.32 Å². The van der Waals surface area contributed by atoms with Crippen LogP contribution >= 0.6 is 34.8 Å². The molecule has 2 aromatic rings. The zero-order valence-corrected chi connectivity index (χ0v) is 12.1. The second-order valence-electron chi connectivity index (χ2n) is 3.95. The standard InChI is InChI=1S/C14H10Cl3NO/c15-10-6-5-9(7-12(10)17)8-14(19)18-13-4-2-1-3-11(13)16/h1-7H,8H2,(H,18,19). The van der Waals surface area contributed by atoms with Crippen LogP contribution in [0.15, 0.2) is 42.5 Å². The predicted octanol–water partition coefficient (Wildman–Crippen LogP) is 4.83. The summed E-state index contributed by atoms with van der Waals surface area (Å²) in [5, 5.41) is 4.15. The highest BCUT2D eigenvalue weighted by molar-refractivity contribution is 6.42. The second-order valence-corrected chi connectivity index (χ2v) is 5.17. The fourth-order valence-electron chi connectivity index (χ4n) is 1.59. The number of nitrogens with one attached hydrogen (secondary N) is 1. The molecular formula is C14H10Cl3NO. The smallest absolute Gasteiger partial charge is 0.228 e. The lowest BCUT2D eigenvalue weighted by atomic mass is 10.1. The summed E-state index contributed by atoms with van der Waals surface area (Å²) in [6.45, 7) is 0. The molecule has 0 saturated heterocycles. The minimum atomic E-state index is -0.161. The summed E-state index contributed by atoms with van der Waals surface area (Å²) in [6.07, 6.45) is 0.210. The van der Waals surface area contributed by atoms with Crippen LogP contribution in [0.4, 0.5) is 5.69 Å². The Morgan fingerprint density at radius 2 is 1.68 bits per heavy atom. The Bertz CT molecular complexity index is 613. The van der Waals surface area contributed by atoms with Gasteiger partial charge in [-0.05, 0) is 29.8 Å². The summed E-state index contributed by atoms with van der Waals surface area (Å²) in [7, 11) is 0. The Labute approximate surface area is 126 Å². The molecule has 5 heteroatoms. The van der Waals surface area contributed by atoms with Crippen LogP contribution in [0.5, 0.6) is 0 Å². The lowest BCUT2D eigenvalue weighted by molar-refractivity contribution is -0.115. The molecule has 2 rings (SSSR count). The van der Waals surface area contributed by atoms with Gasteiger partial charge in [0, 0.05) is 0 Å². The highest BCUT2D eigenvalue weighted by Gasteiger charge is 2.07.